The maximum absolute atomic E-state index is 14.3. The summed E-state index contributed by atoms with van der Waals surface area (Å²) in [5, 5.41) is 3.21. The van der Waals surface area contributed by atoms with E-state index >= 15 is 0 Å². The molecular formula is C33H40BrN3O6S. The molecule has 0 heterocycles. The first-order valence-corrected chi connectivity index (χ1v) is 17.3. The Morgan fingerprint density at radius 3 is 2.18 bits per heavy atom. The van der Waals surface area contributed by atoms with Gasteiger partial charge in [0.15, 0.2) is 11.5 Å². The minimum Gasteiger partial charge on any atom is -0.493 e. The first kappa shape index (κ1) is 33.3. The third-order valence-electron chi connectivity index (χ3n) is 7.82. The molecule has 1 atom stereocenters. The highest BCUT2D eigenvalue weighted by Crippen LogP contribution is 2.32. The highest BCUT2D eigenvalue weighted by Gasteiger charge is 2.34. The molecule has 2 amide bonds. The maximum atomic E-state index is 14.3. The summed E-state index contributed by atoms with van der Waals surface area (Å²) in [5.41, 5.74) is 1.94. The molecule has 1 aliphatic carbocycles. The number of ether oxygens (including phenoxy) is 2. The molecule has 9 nitrogen and oxygen atoms in total. The van der Waals surface area contributed by atoms with E-state index in [-0.39, 0.29) is 30.6 Å². The summed E-state index contributed by atoms with van der Waals surface area (Å²) >= 11 is 3.46. The van der Waals surface area contributed by atoms with E-state index in [1.54, 1.807) is 12.1 Å². The Morgan fingerprint density at radius 2 is 1.57 bits per heavy atom. The van der Waals surface area contributed by atoms with Crippen LogP contribution in [0, 0.1) is 0 Å². The summed E-state index contributed by atoms with van der Waals surface area (Å²) in [6, 6.07) is 20.9. The van der Waals surface area contributed by atoms with Crippen LogP contribution in [0.15, 0.2) is 77.3 Å². The van der Waals surface area contributed by atoms with E-state index in [9.17, 15) is 18.0 Å². The fourth-order valence-corrected chi connectivity index (χ4v) is 6.58. The third-order valence-corrected chi connectivity index (χ3v) is 9.49. The van der Waals surface area contributed by atoms with Crippen molar-refractivity contribution in [1.29, 1.82) is 0 Å². The molecular weight excluding hydrogens is 646 g/mol. The third kappa shape index (κ3) is 8.98. The SMILES string of the molecule is COc1ccc(N(CC(=O)N(Cc2ccc(Br)cc2)[C@@H](Cc2ccccc2)C(=O)NC2CCCCC2)S(C)(=O)=O)cc1OC. The number of sulfonamides is 1. The lowest BCUT2D eigenvalue weighted by Gasteiger charge is -2.35. The predicted octanol–water partition coefficient (Wildman–Crippen LogP) is 5.32. The van der Waals surface area contributed by atoms with Crippen molar-refractivity contribution >= 4 is 43.5 Å². The largest absolute Gasteiger partial charge is 0.493 e. The molecule has 1 fully saturated rings. The van der Waals surface area contributed by atoms with E-state index < -0.39 is 28.5 Å². The van der Waals surface area contributed by atoms with Crippen LogP contribution in [0.3, 0.4) is 0 Å². The molecule has 0 aliphatic heterocycles. The first-order valence-electron chi connectivity index (χ1n) is 14.7. The molecule has 1 N–H and O–H groups in total. The van der Waals surface area contributed by atoms with E-state index in [4.69, 9.17) is 9.47 Å². The van der Waals surface area contributed by atoms with E-state index in [0.717, 1.165) is 58.3 Å². The Kier molecular flexibility index (Phi) is 11.7. The molecule has 1 saturated carbocycles. The number of amides is 2. The van der Waals surface area contributed by atoms with Crippen LogP contribution in [-0.2, 0) is 32.6 Å². The second-order valence-corrected chi connectivity index (χ2v) is 13.8. The van der Waals surface area contributed by atoms with Crippen LogP contribution in [0.5, 0.6) is 11.5 Å². The number of halogens is 1. The fourth-order valence-electron chi connectivity index (χ4n) is 5.48. The van der Waals surface area contributed by atoms with Crippen LogP contribution in [0.1, 0.15) is 43.2 Å². The molecule has 0 aromatic heterocycles. The van der Waals surface area contributed by atoms with Gasteiger partial charge in [-0.3, -0.25) is 13.9 Å². The zero-order chi connectivity index (χ0) is 31.7. The normalized spacial score (nSPS) is 14.4. The molecule has 11 heteroatoms. The standard InChI is InChI=1S/C33H40BrN3O6S/c1-42-30-19-18-28(21-31(30)43-2)37(44(3,40)41)23-32(38)36(22-25-14-16-26(34)17-15-25)29(20-24-10-6-4-7-11-24)33(39)35-27-12-8-5-9-13-27/h4,6-7,10-11,14-19,21,27,29H,5,8-9,12-13,20,22-23H2,1-3H3,(H,35,39)/t29-/m0/s1. The lowest BCUT2D eigenvalue weighted by molar-refractivity contribution is -0.140. The zero-order valence-electron chi connectivity index (χ0n) is 25.4. The number of carbonyl (C=O) groups is 2. The molecule has 0 bridgehead atoms. The second kappa shape index (κ2) is 15.4. The highest BCUT2D eigenvalue weighted by atomic mass is 79.9. The number of nitrogens with zero attached hydrogens (tertiary/aromatic N) is 2. The fraction of sp³-hybridized carbons (Fsp3) is 0.394. The Bertz CT molecular complexity index is 1510. The Hall–Kier alpha value is -3.57. The average molecular weight is 687 g/mol. The van der Waals surface area contributed by atoms with Gasteiger partial charge in [-0.2, -0.15) is 0 Å². The van der Waals surface area contributed by atoms with Gasteiger partial charge in [0.2, 0.25) is 21.8 Å². The number of nitrogens with one attached hydrogen (secondary N) is 1. The van der Waals surface area contributed by atoms with E-state index in [0.29, 0.717) is 11.5 Å². The summed E-state index contributed by atoms with van der Waals surface area (Å²) in [6.45, 7) is -0.391. The van der Waals surface area contributed by atoms with Crippen LogP contribution in [0.2, 0.25) is 0 Å². The molecule has 0 radical (unpaired) electrons. The number of hydrogen-bond donors (Lipinski definition) is 1. The molecule has 3 aromatic rings. The van der Waals surface area contributed by atoms with Crippen molar-refractivity contribution in [2.24, 2.45) is 0 Å². The monoisotopic (exact) mass is 685 g/mol. The van der Waals surface area contributed by atoms with Crippen LogP contribution < -0.4 is 19.1 Å². The van der Waals surface area contributed by atoms with E-state index in [1.165, 1.54) is 25.2 Å². The van der Waals surface area contributed by atoms with Gasteiger partial charge in [0.25, 0.3) is 0 Å². The summed E-state index contributed by atoms with van der Waals surface area (Å²) in [6.07, 6.45) is 6.35. The van der Waals surface area contributed by atoms with Crippen LogP contribution in [0.25, 0.3) is 0 Å². The molecule has 1 aliphatic rings. The van der Waals surface area contributed by atoms with Gasteiger partial charge >= 0.3 is 0 Å². The summed E-state index contributed by atoms with van der Waals surface area (Å²) < 4.78 is 38.8. The second-order valence-electron chi connectivity index (χ2n) is 11.0. The molecule has 0 unspecified atom stereocenters. The first-order chi connectivity index (χ1) is 21.1. The lowest BCUT2D eigenvalue weighted by atomic mass is 9.94. The predicted molar refractivity (Wildman–Crippen MR) is 175 cm³/mol. The van der Waals surface area contributed by atoms with Gasteiger partial charge < -0.3 is 19.7 Å². The van der Waals surface area contributed by atoms with Gasteiger partial charge in [-0.15, -0.1) is 0 Å². The number of benzene rings is 3. The van der Waals surface area contributed by atoms with Crippen molar-refractivity contribution in [1.82, 2.24) is 10.2 Å². The van der Waals surface area contributed by atoms with Crippen molar-refractivity contribution in [3.8, 4) is 11.5 Å². The van der Waals surface area contributed by atoms with Gasteiger partial charge in [0.1, 0.15) is 12.6 Å². The minimum atomic E-state index is -3.91. The Balaban J connectivity index is 1.73. The molecule has 236 valence electrons. The molecule has 0 spiro atoms. The van der Waals surface area contributed by atoms with Crippen molar-refractivity contribution in [2.75, 3.05) is 31.3 Å². The summed E-state index contributed by atoms with van der Waals surface area (Å²) in [4.78, 5) is 29.9. The molecule has 44 heavy (non-hydrogen) atoms. The van der Waals surface area contributed by atoms with Crippen molar-refractivity contribution in [2.45, 2.75) is 57.2 Å². The van der Waals surface area contributed by atoms with E-state index in [2.05, 4.69) is 21.2 Å². The van der Waals surface area contributed by atoms with Gasteiger partial charge in [-0.05, 0) is 48.2 Å². The van der Waals surface area contributed by atoms with Gasteiger partial charge in [-0.1, -0.05) is 77.7 Å². The van der Waals surface area contributed by atoms with Crippen molar-refractivity contribution in [3.05, 3.63) is 88.4 Å². The van der Waals surface area contributed by atoms with Gasteiger partial charge in [-0.25, -0.2) is 8.42 Å². The minimum absolute atomic E-state index is 0.0402. The average Bonchev–Trinajstić information content (AvgIpc) is 3.02. The smallest absolute Gasteiger partial charge is 0.244 e. The zero-order valence-corrected chi connectivity index (χ0v) is 27.8. The number of anilines is 1. The Morgan fingerprint density at radius 1 is 0.909 bits per heavy atom. The Labute approximate surface area is 268 Å². The number of carbonyl (C=O) groups excluding carboxylic acids is 2. The maximum Gasteiger partial charge on any atom is 0.244 e. The topological polar surface area (TPSA) is 105 Å². The van der Waals surface area contributed by atoms with Crippen LogP contribution in [0.4, 0.5) is 5.69 Å². The summed E-state index contributed by atoms with van der Waals surface area (Å²) in [7, 11) is -0.973. The number of rotatable bonds is 13. The van der Waals surface area contributed by atoms with Crippen molar-refractivity contribution < 1.29 is 27.5 Å². The highest BCUT2D eigenvalue weighted by molar-refractivity contribution is 9.10. The van der Waals surface area contributed by atoms with Crippen molar-refractivity contribution in [3.63, 3.8) is 0 Å². The quantitative estimate of drug-likeness (QED) is 0.261. The van der Waals surface area contributed by atoms with Crippen LogP contribution in [-0.4, -0.2) is 64.2 Å². The summed E-state index contributed by atoms with van der Waals surface area (Å²) in [5.74, 6) is -0.00192. The lowest BCUT2D eigenvalue weighted by Crippen LogP contribution is -2.55. The van der Waals surface area contributed by atoms with Gasteiger partial charge in [0, 0.05) is 29.5 Å². The van der Waals surface area contributed by atoms with E-state index in [1.807, 2.05) is 54.6 Å². The molecule has 4 rings (SSSR count). The van der Waals surface area contributed by atoms with Crippen LogP contribution >= 0.6 is 15.9 Å². The number of methoxy groups -OCH3 is 2. The molecule has 3 aromatic carbocycles. The molecule has 0 saturated heterocycles. The van der Waals surface area contributed by atoms with Gasteiger partial charge in [0.05, 0.1) is 26.2 Å². The number of hydrogen-bond acceptors (Lipinski definition) is 6.